The molecule has 4 aliphatic heterocycles. The van der Waals surface area contributed by atoms with Crippen molar-refractivity contribution in [2.45, 2.75) is 185 Å². The van der Waals surface area contributed by atoms with E-state index in [9.17, 15) is 24.9 Å². The smallest absolute Gasteiger partial charge is 0.311 e. The number of hydrogen-bond donors (Lipinski definition) is 4. The van der Waals surface area contributed by atoms with Crippen molar-refractivity contribution in [3.63, 3.8) is 0 Å². The van der Waals surface area contributed by atoms with Gasteiger partial charge in [-0.3, -0.25) is 9.59 Å². The van der Waals surface area contributed by atoms with Crippen molar-refractivity contribution in [1.82, 2.24) is 10.2 Å². The summed E-state index contributed by atoms with van der Waals surface area (Å²) in [6.07, 6.45) is -8.20. The van der Waals surface area contributed by atoms with E-state index < -0.39 is 108 Å². The fourth-order valence-corrected chi connectivity index (χ4v) is 10.3. The van der Waals surface area contributed by atoms with Crippen LogP contribution in [0.2, 0.25) is 0 Å². The van der Waals surface area contributed by atoms with Crippen LogP contribution < -0.4 is 5.32 Å². The van der Waals surface area contributed by atoms with E-state index in [0.29, 0.717) is 12.4 Å². The predicted octanol–water partition coefficient (Wildman–Crippen LogP) is 4.99. The average Bonchev–Trinajstić information content (AvgIpc) is 3.57. The molecule has 2 aromatic rings. The largest absolute Gasteiger partial charge is 0.459 e. The summed E-state index contributed by atoms with van der Waals surface area (Å²) in [6.45, 7) is 17.4. The van der Waals surface area contributed by atoms with Crippen molar-refractivity contribution in [2.75, 3.05) is 21.3 Å². The highest BCUT2D eigenvalue weighted by molar-refractivity contribution is 5.95. The summed E-state index contributed by atoms with van der Waals surface area (Å²) in [4.78, 5) is 35.6. The van der Waals surface area contributed by atoms with Crippen LogP contribution in [0.5, 0.6) is 0 Å². The number of hydrogen-bond acceptors (Lipinski definition) is 14. The monoisotopic (exact) mass is 900 g/mol. The van der Waals surface area contributed by atoms with Crippen molar-refractivity contribution < 1.29 is 62.8 Å². The van der Waals surface area contributed by atoms with Gasteiger partial charge in [0.15, 0.2) is 18.7 Å². The van der Waals surface area contributed by atoms with Crippen LogP contribution in [0.1, 0.15) is 94.9 Å². The molecule has 0 saturated carbocycles. The zero-order chi connectivity index (χ0) is 47.1. The Labute approximate surface area is 378 Å². The van der Waals surface area contributed by atoms with Crippen molar-refractivity contribution in [3.05, 3.63) is 42.5 Å². The molecule has 0 aromatic heterocycles. The maximum absolute atomic E-state index is 14.5. The molecule has 4 heterocycles. The summed E-state index contributed by atoms with van der Waals surface area (Å²) in [5.74, 6) is -3.57. The zero-order valence-electron chi connectivity index (χ0n) is 39.8. The first-order chi connectivity index (χ1) is 30.1. The molecule has 4 N–H and O–H groups in total. The first kappa shape index (κ1) is 50.0. The molecule has 18 atom stereocenters. The van der Waals surface area contributed by atoms with Crippen LogP contribution in [0.4, 0.5) is 5.69 Å². The number of aliphatic hydroxyl groups is 3. The van der Waals surface area contributed by atoms with Crippen molar-refractivity contribution in [3.8, 4) is 0 Å². The lowest BCUT2D eigenvalue weighted by atomic mass is 9.77. The average molecular weight is 900 g/mol. The Balaban J connectivity index is 1.44. The standard InChI is InChI=1S/C48H73N3O13/c1-14-35-48(10,56)39(52)29(6)49-42(54)25(2)23-47(9,58-13)41(27(4)37(28(5)43(55)61-35)62-36-24-46(8,57-12)40(53)30(7)60-36)64-44-38-34(22-26(3)59-44)51(11)45(63-38)50-33-21-17-19-31-18-15-16-20-32(31)33/h15-21,25-30,34-41,44,52-53,56H,14,22-24H2,1-13H3,(H,49,54)/t25-,26-,27+,28-,29-,30+,34+,35-,36+,37+,38-,39-,40+,41-,44+,46-,47-,48-/m1/s1. The van der Waals surface area contributed by atoms with Crippen molar-refractivity contribution in [2.24, 2.45) is 22.7 Å². The van der Waals surface area contributed by atoms with Crippen LogP contribution in [0.3, 0.4) is 0 Å². The highest BCUT2D eigenvalue weighted by atomic mass is 16.7. The lowest BCUT2D eigenvalue weighted by molar-refractivity contribution is -0.315. The van der Waals surface area contributed by atoms with Gasteiger partial charge in [0.2, 0.25) is 5.91 Å². The number of aliphatic hydroxyl groups excluding tert-OH is 2. The minimum absolute atomic E-state index is 0.114. The number of methoxy groups -OCH3 is 2. The van der Waals surface area contributed by atoms with Gasteiger partial charge in [-0.15, -0.1) is 0 Å². The Kier molecular flexibility index (Phi) is 15.5. The van der Waals surface area contributed by atoms with E-state index in [0.717, 1.165) is 16.5 Å². The fourth-order valence-electron chi connectivity index (χ4n) is 10.3. The predicted molar refractivity (Wildman–Crippen MR) is 238 cm³/mol. The molecule has 4 aliphatic rings. The second-order valence-corrected chi connectivity index (χ2v) is 19.4. The Morgan fingerprint density at radius 3 is 2.22 bits per heavy atom. The number of carbonyl (C=O) groups is 2. The van der Waals surface area contributed by atoms with Gasteiger partial charge in [0.1, 0.15) is 23.9 Å². The Hall–Kier alpha value is -3.45. The molecule has 0 aliphatic carbocycles. The molecule has 6 rings (SSSR count). The number of benzene rings is 2. The third kappa shape index (κ3) is 9.96. The molecule has 4 fully saturated rings. The fraction of sp³-hybridized carbons (Fsp3) is 0.729. The molecule has 358 valence electrons. The number of ether oxygens (including phenoxy) is 8. The van der Waals surface area contributed by atoms with Gasteiger partial charge in [0.25, 0.3) is 6.02 Å². The number of amides is 1. The number of fused-ring (bicyclic) bond motifs is 2. The molecular formula is C48H73N3O13. The number of nitrogens with zero attached hydrogens (tertiary/aromatic N) is 2. The van der Waals surface area contributed by atoms with Crippen LogP contribution >= 0.6 is 0 Å². The van der Waals surface area contributed by atoms with Crippen LogP contribution in [-0.4, -0.2) is 150 Å². The minimum Gasteiger partial charge on any atom is -0.459 e. The van der Waals surface area contributed by atoms with Gasteiger partial charge < -0.3 is 63.4 Å². The Morgan fingerprint density at radius 1 is 0.875 bits per heavy atom. The second-order valence-electron chi connectivity index (χ2n) is 19.4. The lowest BCUT2D eigenvalue weighted by Crippen LogP contribution is -2.60. The van der Waals surface area contributed by atoms with Crippen LogP contribution in [-0.2, 0) is 47.5 Å². The number of nitrogens with one attached hydrogen (secondary N) is 1. The van der Waals surface area contributed by atoms with Crippen molar-refractivity contribution in [1.29, 1.82) is 0 Å². The van der Waals surface area contributed by atoms with E-state index in [4.69, 9.17) is 42.9 Å². The first-order valence-corrected chi connectivity index (χ1v) is 22.9. The summed E-state index contributed by atoms with van der Waals surface area (Å²) < 4.78 is 52.1. The number of carbonyl (C=O) groups excluding carboxylic acids is 2. The number of aliphatic imine (C=N–C) groups is 1. The second kappa shape index (κ2) is 19.8. The SMILES string of the molecule is CC[C@H]1OC(=O)[C@H](C)[C@@H](O[C@H]2C[C@@](C)(OC)[C@@H](O)[C@H](C)O2)[C@H](C)[C@@H](O[C@@H]2O[C@H](C)C[C@H]3[C@H]2OC(=Nc2cccc4ccccc24)N3C)[C@](C)(OC)C[C@@H](C)C(=O)N[C@H](C)[C@@H](O)[C@]1(C)O. The maximum atomic E-state index is 14.5. The van der Waals surface area contributed by atoms with E-state index >= 15 is 0 Å². The van der Waals surface area contributed by atoms with Crippen LogP contribution in [0.15, 0.2) is 47.5 Å². The number of esters is 1. The van der Waals surface area contributed by atoms with Gasteiger partial charge in [-0.2, -0.15) is 4.99 Å². The quantitative estimate of drug-likeness (QED) is 0.259. The highest BCUT2D eigenvalue weighted by Crippen LogP contribution is 2.42. The molecule has 64 heavy (non-hydrogen) atoms. The van der Waals surface area contributed by atoms with Crippen LogP contribution in [0.25, 0.3) is 10.8 Å². The topological polar surface area (TPSA) is 196 Å². The first-order valence-electron chi connectivity index (χ1n) is 22.9. The van der Waals surface area contributed by atoms with E-state index in [1.54, 1.807) is 48.7 Å². The Bertz CT molecular complexity index is 1960. The molecule has 0 spiro atoms. The molecule has 0 bridgehead atoms. The number of amidine groups is 1. The number of likely N-dealkylation sites (N-methyl/N-ethyl adjacent to an activating group) is 1. The van der Waals surface area contributed by atoms with Gasteiger partial charge in [-0.05, 0) is 79.2 Å². The van der Waals surface area contributed by atoms with Crippen molar-refractivity contribution >= 4 is 34.4 Å². The summed E-state index contributed by atoms with van der Waals surface area (Å²) >= 11 is 0. The molecule has 0 radical (unpaired) electrons. The summed E-state index contributed by atoms with van der Waals surface area (Å²) in [6, 6.07) is 13.3. The van der Waals surface area contributed by atoms with Gasteiger partial charge in [0.05, 0.1) is 59.3 Å². The lowest BCUT2D eigenvalue weighted by Gasteiger charge is -2.49. The molecule has 0 unspecified atom stereocenters. The highest BCUT2D eigenvalue weighted by Gasteiger charge is 2.55. The number of rotatable bonds is 8. The van der Waals surface area contributed by atoms with Gasteiger partial charge in [-0.25, -0.2) is 0 Å². The molecular weight excluding hydrogens is 827 g/mol. The Morgan fingerprint density at radius 2 is 1.55 bits per heavy atom. The van der Waals surface area contributed by atoms with E-state index in [-0.39, 0.29) is 31.4 Å². The number of cyclic esters (lactones) is 1. The van der Waals surface area contributed by atoms with E-state index in [1.807, 2.05) is 75.2 Å². The molecule has 1 amide bonds. The van der Waals surface area contributed by atoms with Gasteiger partial charge in [-0.1, -0.05) is 57.2 Å². The third-order valence-electron chi connectivity index (χ3n) is 14.5. The summed E-state index contributed by atoms with van der Waals surface area (Å²) in [7, 11) is 5.01. The van der Waals surface area contributed by atoms with Gasteiger partial charge >= 0.3 is 5.97 Å². The molecule has 4 saturated heterocycles. The molecule has 16 nitrogen and oxygen atoms in total. The summed E-state index contributed by atoms with van der Waals surface area (Å²) in [5, 5.41) is 39.3. The van der Waals surface area contributed by atoms with E-state index in [2.05, 4.69) is 5.32 Å². The molecule has 2 aromatic carbocycles. The minimum atomic E-state index is -1.96. The summed E-state index contributed by atoms with van der Waals surface area (Å²) in [5.41, 5.74) is -3.51. The third-order valence-corrected chi connectivity index (χ3v) is 14.5. The van der Waals surface area contributed by atoms with Crippen LogP contribution in [0, 0.1) is 17.8 Å². The van der Waals surface area contributed by atoms with Gasteiger partial charge in [0, 0.05) is 44.9 Å². The maximum Gasteiger partial charge on any atom is 0.311 e. The molecule has 16 heteroatoms. The normalized spacial score (nSPS) is 43.5. The van der Waals surface area contributed by atoms with E-state index in [1.165, 1.54) is 14.0 Å². The zero-order valence-corrected chi connectivity index (χ0v) is 39.8.